The first-order valence-electron chi connectivity index (χ1n) is 9.14. The molecule has 5 aliphatic rings. The molecule has 5 saturated carbocycles. The number of amides is 1. The highest BCUT2D eigenvalue weighted by molar-refractivity contribution is 5.78. The van der Waals surface area contributed by atoms with E-state index in [-0.39, 0.29) is 17.0 Å². The summed E-state index contributed by atoms with van der Waals surface area (Å²) in [5.41, 5.74) is 6.40. The monoisotopic (exact) mass is 290 g/mol. The van der Waals surface area contributed by atoms with Crippen molar-refractivity contribution in [3.05, 3.63) is 0 Å². The zero-order valence-electron chi connectivity index (χ0n) is 13.2. The minimum absolute atomic E-state index is 0.150. The van der Waals surface area contributed by atoms with Crippen molar-refractivity contribution < 1.29 is 4.79 Å². The number of nitrogens with two attached hydrogens (primary N) is 1. The van der Waals surface area contributed by atoms with Crippen molar-refractivity contribution in [3.63, 3.8) is 0 Å². The van der Waals surface area contributed by atoms with Crippen molar-refractivity contribution in [3.8, 4) is 0 Å². The van der Waals surface area contributed by atoms with Crippen LogP contribution in [0.15, 0.2) is 0 Å². The summed E-state index contributed by atoms with van der Waals surface area (Å²) in [6.07, 6.45) is 14.3. The molecule has 21 heavy (non-hydrogen) atoms. The lowest BCUT2D eigenvalue weighted by Crippen LogP contribution is -2.61. The SMILES string of the molecule is NC1(CC(=O)NC23CC4CC(CC(C4)C2)C3)CCCCC1. The van der Waals surface area contributed by atoms with Crippen LogP contribution in [0.25, 0.3) is 0 Å². The van der Waals surface area contributed by atoms with Crippen LogP contribution in [-0.4, -0.2) is 17.0 Å². The maximum atomic E-state index is 12.6. The molecule has 0 unspecified atom stereocenters. The van der Waals surface area contributed by atoms with Gasteiger partial charge in [-0.15, -0.1) is 0 Å². The topological polar surface area (TPSA) is 55.1 Å². The highest BCUT2D eigenvalue weighted by atomic mass is 16.1. The van der Waals surface area contributed by atoms with Crippen molar-refractivity contribution in [2.24, 2.45) is 23.5 Å². The van der Waals surface area contributed by atoms with Crippen LogP contribution >= 0.6 is 0 Å². The van der Waals surface area contributed by atoms with Crippen LogP contribution in [0.2, 0.25) is 0 Å². The Morgan fingerprint density at radius 2 is 1.48 bits per heavy atom. The van der Waals surface area contributed by atoms with Crippen LogP contribution in [0, 0.1) is 17.8 Å². The van der Waals surface area contributed by atoms with Crippen molar-refractivity contribution in [2.75, 3.05) is 0 Å². The Kier molecular flexibility index (Phi) is 3.33. The second-order valence-corrected chi connectivity index (χ2v) is 8.85. The zero-order valence-corrected chi connectivity index (χ0v) is 13.2. The maximum Gasteiger partial charge on any atom is 0.222 e. The van der Waals surface area contributed by atoms with Gasteiger partial charge in [0, 0.05) is 17.5 Å². The third kappa shape index (κ3) is 2.74. The molecule has 0 spiro atoms. The van der Waals surface area contributed by atoms with Crippen LogP contribution in [0.4, 0.5) is 0 Å². The van der Waals surface area contributed by atoms with Gasteiger partial charge in [0.15, 0.2) is 0 Å². The number of nitrogens with one attached hydrogen (secondary N) is 1. The van der Waals surface area contributed by atoms with Gasteiger partial charge in [-0.3, -0.25) is 4.79 Å². The van der Waals surface area contributed by atoms with E-state index in [0.29, 0.717) is 6.42 Å². The highest BCUT2D eigenvalue weighted by Gasteiger charge is 2.51. The predicted octanol–water partition coefficient (Wildman–Crippen LogP) is 3.12. The fourth-order valence-electron chi connectivity index (χ4n) is 6.36. The molecular formula is C18H30N2O. The molecule has 1 amide bonds. The number of hydrogen-bond donors (Lipinski definition) is 2. The average Bonchev–Trinajstić information content (AvgIpc) is 2.35. The van der Waals surface area contributed by atoms with E-state index in [4.69, 9.17) is 5.73 Å². The van der Waals surface area contributed by atoms with Gasteiger partial charge in [0.25, 0.3) is 0 Å². The van der Waals surface area contributed by atoms with E-state index in [1.165, 1.54) is 57.8 Å². The summed E-state index contributed by atoms with van der Waals surface area (Å²) in [7, 11) is 0. The number of hydrogen-bond acceptors (Lipinski definition) is 2. The Morgan fingerprint density at radius 3 is 2.00 bits per heavy atom. The summed E-state index contributed by atoms with van der Waals surface area (Å²) in [4.78, 5) is 12.6. The van der Waals surface area contributed by atoms with E-state index in [9.17, 15) is 4.79 Å². The van der Waals surface area contributed by atoms with Gasteiger partial charge in [0.1, 0.15) is 0 Å². The van der Waals surface area contributed by atoms with Crippen molar-refractivity contribution in [2.45, 2.75) is 88.1 Å². The molecule has 5 aliphatic carbocycles. The first-order valence-corrected chi connectivity index (χ1v) is 9.14. The molecule has 0 aromatic heterocycles. The van der Waals surface area contributed by atoms with Gasteiger partial charge in [0.2, 0.25) is 5.91 Å². The molecule has 0 aromatic rings. The lowest BCUT2D eigenvalue weighted by molar-refractivity contribution is -0.128. The van der Waals surface area contributed by atoms with E-state index in [1.807, 2.05) is 0 Å². The molecule has 0 radical (unpaired) electrons. The standard InChI is InChI=1S/C18H30N2O/c19-17(4-2-1-3-5-17)12-16(21)20-18-9-13-6-14(10-18)8-15(7-13)11-18/h13-15H,1-12,19H2,(H,20,21). The summed E-state index contributed by atoms with van der Waals surface area (Å²) in [6.45, 7) is 0. The van der Waals surface area contributed by atoms with Gasteiger partial charge < -0.3 is 11.1 Å². The predicted molar refractivity (Wildman–Crippen MR) is 83.7 cm³/mol. The molecule has 0 heterocycles. The summed E-state index contributed by atoms with van der Waals surface area (Å²) >= 11 is 0. The molecule has 5 rings (SSSR count). The first kappa shape index (κ1) is 14.0. The largest absolute Gasteiger partial charge is 0.351 e. The normalized spacial score (nSPS) is 43.8. The highest BCUT2D eigenvalue weighted by Crippen LogP contribution is 2.55. The summed E-state index contributed by atoms with van der Waals surface area (Å²) < 4.78 is 0. The number of carbonyl (C=O) groups excluding carboxylic acids is 1. The molecule has 0 aromatic carbocycles. The van der Waals surface area contributed by atoms with Crippen LogP contribution in [-0.2, 0) is 4.79 Å². The van der Waals surface area contributed by atoms with E-state index in [2.05, 4.69) is 5.32 Å². The molecule has 4 bridgehead atoms. The Labute approximate surface area is 128 Å². The van der Waals surface area contributed by atoms with E-state index in [1.54, 1.807) is 0 Å². The Bertz CT molecular complexity index is 390. The van der Waals surface area contributed by atoms with Crippen molar-refractivity contribution >= 4 is 5.91 Å². The van der Waals surface area contributed by atoms with Gasteiger partial charge in [-0.1, -0.05) is 19.3 Å². The molecule has 0 saturated heterocycles. The minimum atomic E-state index is -0.218. The molecular weight excluding hydrogens is 260 g/mol. The zero-order chi connectivity index (χ0) is 14.5. The maximum absolute atomic E-state index is 12.6. The molecule has 3 heteroatoms. The van der Waals surface area contributed by atoms with Crippen LogP contribution in [0.5, 0.6) is 0 Å². The van der Waals surface area contributed by atoms with Crippen molar-refractivity contribution in [1.29, 1.82) is 0 Å². The Hall–Kier alpha value is -0.570. The van der Waals surface area contributed by atoms with Gasteiger partial charge in [-0.2, -0.15) is 0 Å². The lowest BCUT2D eigenvalue weighted by atomic mass is 9.53. The molecule has 0 atom stereocenters. The molecule has 3 N–H and O–H groups in total. The summed E-state index contributed by atoms with van der Waals surface area (Å²) in [5.74, 6) is 2.90. The summed E-state index contributed by atoms with van der Waals surface area (Å²) in [5, 5.41) is 3.48. The van der Waals surface area contributed by atoms with Gasteiger partial charge in [0.05, 0.1) is 0 Å². The number of rotatable bonds is 3. The Balaban J connectivity index is 1.40. The second-order valence-electron chi connectivity index (χ2n) is 8.85. The smallest absolute Gasteiger partial charge is 0.222 e. The van der Waals surface area contributed by atoms with E-state index in [0.717, 1.165) is 30.6 Å². The summed E-state index contributed by atoms with van der Waals surface area (Å²) in [6, 6.07) is 0. The Morgan fingerprint density at radius 1 is 0.952 bits per heavy atom. The fourth-order valence-corrected chi connectivity index (χ4v) is 6.36. The minimum Gasteiger partial charge on any atom is -0.351 e. The quantitative estimate of drug-likeness (QED) is 0.839. The van der Waals surface area contributed by atoms with Gasteiger partial charge >= 0.3 is 0 Å². The third-order valence-corrected chi connectivity index (χ3v) is 6.80. The van der Waals surface area contributed by atoms with Gasteiger partial charge in [-0.25, -0.2) is 0 Å². The van der Waals surface area contributed by atoms with Crippen LogP contribution in [0.1, 0.15) is 77.0 Å². The fraction of sp³-hybridized carbons (Fsp3) is 0.944. The average molecular weight is 290 g/mol. The van der Waals surface area contributed by atoms with Crippen LogP contribution in [0.3, 0.4) is 0 Å². The molecule has 0 aliphatic heterocycles. The number of carbonyl (C=O) groups is 1. The van der Waals surface area contributed by atoms with E-state index < -0.39 is 0 Å². The second kappa shape index (κ2) is 4.97. The molecule has 3 nitrogen and oxygen atoms in total. The third-order valence-electron chi connectivity index (χ3n) is 6.80. The lowest BCUT2D eigenvalue weighted by Gasteiger charge is -2.57. The first-order chi connectivity index (χ1) is 10.0. The van der Waals surface area contributed by atoms with Crippen molar-refractivity contribution in [1.82, 2.24) is 5.32 Å². The van der Waals surface area contributed by atoms with Gasteiger partial charge in [-0.05, 0) is 69.1 Å². The van der Waals surface area contributed by atoms with Crippen LogP contribution < -0.4 is 11.1 Å². The molecule has 5 fully saturated rings. The van der Waals surface area contributed by atoms with E-state index >= 15 is 0 Å². The molecule has 118 valence electrons.